The molecule has 1 aromatic carbocycles. The summed E-state index contributed by atoms with van der Waals surface area (Å²) in [6.07, 6.45) is 1.94. The molecule has 9 heteroatoms. The van der Waals surface area contributed by atoms with Crippen molar-refractivity contribution in [3.05, 3.63) is 68.4 Å². The lowest BCUT2D eigenvalue weighted by Gasteiger charge is -2.00. The average Bonchev–Trinajstić information content (AvgIpc) is 3.27. The van der Waals surface area contributed by atoms with Crippen LogP contribution < -0.4 is 5.32 Å². The van der Waals surface area contributed by atoms with Gasteiger partial charge >= 0.3 is 5.97 Å². The van der Waals surface area contributed by atoms with Crippen molar-refractivity contribution in [3.63, 3.8) is 0 Å². The van der Waals surface area contributed by atoms with Crippen LogP contribution in [0.15, 0.2) is 36.5 Å². The minimum absolute atomic E-state index is 0.329. The van der Waals surface area contributed by atoms with Gasteiger partial charge in [0.1, 0.15) is 4.88 Å². The molecule has 2 aromatic heterocycles. The number of methoxy groups -OCH3 is 1. The fourth-order valence-corrected chi connectivity index (χ4v) is 3.79. The Morgan fingerprint density at radius 1 is 1.12 bits per heavy atom. The highest BCUT2D eigenvalue weighted by atomic mass is 32.1. The number of halogens is 2. The molecule has 0 fully saturated rings. The number of hydrogen-bond donors (Lipinski definition) is 1. The SMILES string of the molecule is COC(=O)c1ccc(C(=O)Nc2ncc(Cc3ccc(F)c(F)c3)s2)s1. The van der Waals surface area contributed by atoms with Crippen LogP contribution in [-0.4, -0.2) is 24.0 Å². The number of benzene rings is 1. The number of amides is 1. The molecule has 0 bridgehead atoms. The van der Waals surface area contributed by atoms with E-state index in [1.807, 2.05) is 0 Å². The molecule has 0 atom stereocenters. The fourth-order valence-electron chi connectivity index (χ4n) is 2.13. The molecule has 0 aliphatic rings. The Hall–Kier alpha value is -2.65. The van der Waals surface area contributed by atoms with Crippen LogP contribution in [0.1, 0.15) is 29.8 Å². The first-order valence-corrected chi connectivity index (χ1v) is 8.97. The number of aromatic nitrogens is 1. The summed E-state index contributed by atoms with van der Waals surface area (Å²) in [6, 6.07) is 6.75. The molecule has 26 heavy (non-hydrogen) atoms. The number of anilines is 1. The van der Waals surface area contributed by atoms with Crippen LogP contribution in [0.3, 0.4) is 0 Å². The van der Waals surface area contributed by atoms with Crippen LogP contribution in [0, 0.1) is 11.6 Å². The zero-order chi connectivity index (χ0) is 18.7. The summed E-state index contributed by atoms with van der Waals surface area (Å²) in [7, 11) is 1.27. The topological polar surface area (TPSA) is 68.3 Å². The number of esters is 1. The summed E-state index contributed by atoms with van der Waals surface area (Å²) >= 11 is 2.25. The van der Waals surface area contributed by atoms with E-state index < -0.39 is 17.6 Å². The molecule has 3 aromatic rings. The van der Waals surface area contributed by atoms with Crippen LogP contribution >= 0.6 is 22.7 Å². The first-order valence-electron chi connectivity index (χ1n) is 7.34. The van der Waals surface area contributed by atoms with Gasteiger partial charge in [-0.3, -0.25) is 10.1 Å². The first-order chi connectivity index (χ1) is 12.5. The van der Waals surface area contributed by atoms with Gasteiger partial charge in [-0.15, -0.1) is 22.7 Å². The maximum Gasteiger partial charge on any atom is 0.348 e. The summed E-state index contributed by atoms with van der Waals surface area (Å²) in [4.78, 5) is 29.2. The molecule has 1 amide bonds. The Morgan fingerprint density at radius 2 is 1.88 bits per heavy atom. The van der Waals surface area contributed by atoms with Crippen molar-refractivity contribution >= 4 is 39.7 Å². The molecule has 2 heterocycles. The number of carbonyl (C=O) groups is 2. The van der Waals surface area contributed by atoms with Gasteiger partial charge in [-0.05, 0) is 29.8 Å². The minimum atomic E-state index is -0.903. The van der Waals surface area contributed by atoms with Gasteiger partial charge in [0.2, 0.25) is 0 Å². The standard InChI is InChI=1S/C17H12F2N2O3S2/c1-24-16(23)14-5-4-13(26-14)15(22)21-17-20-8-10(25-17)6-9-2-3-11(18)12(19)7-9/h2-5,7-8H,6H2,1H3,(H,20,21,22). The molecule has 5 nitrogen and oxygen atoms in total. The maximum atomic E-state index is 13.3. The van der Waals surface area contributed by atoms with Crippen molar-refractivity contribution in [2.45, 2.75) is 6.42 Å². The second-order valence-corrected chi connectivity index (χ2v) is 7.37. The molecule has 0 aliphatic heterocycles. The molecular formula is C17H12F2N2O3S2. The number of nitrogens with zero attached hydrogens (tertiary/aromatic N) is 1. The van der Waals surface area contributed by atoms with Gasteiger partial charge in [0, 0.05) is 17.5 Å². The summed E-state index contributed by atoms with van der Waals surface area (Å²) in [5.41, 5.74) is 0.603. The lowest BCUT2D eigenvalue weighted by Crippen LogP contribution is -2.09. The van der Waals surface area contributed by atoms with E-state index in [-0.39, 0.29) is 5.91 Å². The smallest absolute Gasteiger partial charge is 0.348 e. The van der Waals surface area contributed by atoms with Crippen LogP contribution in [0.4, 0.5) is 13.9 Å². The van der Waals surface area contributed by atoms with Crippen molar-refractivity contribution in [3.8, 4) is 0 Å². The number of rotatable bonds is 5. The van der Waals surface area contributed by atoms with E-state index in [1.54, 1.807) is 6.20 Å². The fraction of sp³-hybridized carbons (Fsp3) is 0.118. The normalized spacial score (nSPS) is 10.6. The quantitative estimate of drug-likeness (QED) is 0.661. The van der Waals surface area contributed by atoms with Gasteiger partial charge in [-0.1, -0.05) is 6.07 Å². The highest BCUT2D eigenvalue weighted by molar-refractivity contribution is 7.17. The van der Waals surface area contributed by atoms with Crippen LogP contribution in [-0.2, 0) is 11.2 Å². The summed E-state index contributed by atoms with van der Waals surface area (Å²) < 4.78 is 30.8. The first kappa shape index (κ1) is 18.2. The molecule has 0 radical (unpaired) electrons. The number of carbonyl (C=O) groups excluding carboxylic acids is 2. The lowest BCUT2D eigenvalue weighted by molar-refractivity contribution is 0.0606. The Balaban J connectivity index is 1.66. The number of hydrogen-bond acceptors (Lipinski definition) is 6. The third-order valence-corrected chi connectivity index (χ3v) is 5.33. The number of ether oxygens (including phenoxy) is 1. The second kappa shape index (κ2) is 7.71. The van der Waals surface area contributed by atoms with E-state index in [2.05, 4.69) is 15.0 Å². The van der Waals surface area contributed by atoms with Crippen LogP contribution in [0.25, 0.3) is 0 Å². The van der Waals surface area contributed by atoms with Gasteiger partial charge in [0.05, 0.1) is 12.0 Å². The van der Waals surface area contributed by atoms with E-state index in [9.17, 15) is 18.4 Å². The number of thiazole rings is 1. The average molecular weight is 394 g/mol. The predicted molar refractivity (Wildman–Crippen MR) is 94.9 cm³/mol. The Labute approximate surface area is 155 Å². The summed E-state index contributed by atoms with van der Waals surface area (Å²) in [6.45, 7) is 0. The molecule has 0 saturated heterocycles. The Bertz CT molecular complexity index is 969. The summed E-state index contributed by atoms with van der Waals surface area (Å²) in [5.74, 6) is -2.69. The second-order valence-electron chi connectivity index (χ2n) is 5.17. The molecule has 1 N–H and O–H groups in total. The minimum Gasteiger partial charge on any atom is -0.465 e. The van der Waals surface area contributed by atoms with Crippen molar-refractivity contribution < 1.29 is 23.1 Å². The Morgan fingerprint density at radius 3 is 2.62 bits per heavy atom. The maximum absolute atomic E-state index is 13.3. The van der Waals surface area contributed by atoms with Crippen LogP contribution in [0.2, 0.25) is 0 Å². The predicted octanol–water partition coefficient (Wildman–Crippen LogP) is 4.11. The summed E-state index contributed by atoms with van der Waals surface area (Å²) in [5, 5.41) is 3.02. The Kier molecular flexibility index (Phi) is 5.38. The van der Waals surface area contributed by atoms with Crippen molar-refractivity contribution in [2.75, 3.05) is 12.4 Å². The van der Waals surface area contributed by atoms with Crippen LogP contribution in [0.5, 0.6) is 0 Å². The van der Waals surface area contributed by atoms with Crippen molar-refractivity contribution in [1.82, 2.24) is 4.98 Å². The van der Waals surface area contributed by atoms with Crippen molar-refractivity contribution in [2.24, 2.45) is 0 Å². The molecule has 3 rings (SSSR count). The van der Waals surface area contributed by atoms with E-state index in [0.29, 0.717) is 26.9 Å². The highest BCUT2D eigenvalue weighted by Gasteiger charge is 2.15. The lowest BCUT2D eigenvalue weighted by atomic mass is 10.1. The van der Waals surface area contributed by atoms with E-state index in [4.69, 9.17) is 0 Å². The molecule has 0 spiro atoms. The van der Waals surface area contributed by atoms with E-state index in [1.165, 1.54) is 36.6 Å². The van der Waals surface area contributed by atoms with E-state index >= 15 is 0 Å². The van der Waals surface area contributed by atoms with Gasteiger partial charge in [-0.25, -0.2) is 18.6 Å². The largest absolute Gasteiger partial charge is 0.465 e. The van der Waals surface area contributed by atoms with Crippen molar-refractivity contribution in [1.29, 1.82) is 0 Å². The molecule has 0 unspecified atom stereocenters. The third kappa shape index (κ3) is 4.12. The van der Waals surface area contributed by atoms with Gasteiger partial charge in [0.15, 0.2) is 16.8 Å². The molecule has 0 aliphatic carbocycles. The molecule has 0 saturated carbocycles. The molecule has 134 valence electrons. The van der Waals surface area contributed by atoms with Gasteiger partial charge in [-0.2, -0.15) is 0 Å². The van der Waals surface area contributed by atoms with Gasteiger partial charge in [0.25, 0.3) is 5.91 Å². The number of thiophene rings is 1. The number of nitrogens with one attached hydrogen (secondary N) is 1. The van der Waals surface area contributed by atoms with E-state index in [0.717, 1.165) is 28.3 Å². The monoisotopic (exact) mass is 394 g/mol. The third-order valence-electron chi connectivity index (χ3n) is 3.35. The van der Waals surface area contributed by atoms with Gasteiger partial charge < -0.3 is 4.74 Å². The zero-order valence-electron chi connectivity index (χ0n) is 13.4. The highest BCUT2D eigenvalue weighted by Crippen LogP contribution is 2.24. The zero-order valence-corrected chi connectivity index (χ0v) is 15.0. The molecular weight excluding hydrogens is 382 g/mol.